The van der Waals surface area contributed by atoms with Gasteiger partial charge in [0.1, 0.15) is 0 Å². The number of nitrogens with one attached hydrogen (secondary N) is 1. The average molecular weight is 182 g/mol. The Morgan fingerprint density at radius 2 is 2.42 bits per heavy atom. The van der Waals surface area contributed by atoms with Crippen molar-refractivity contribution in [2.75, 3.05) is 0 Å². The molecule has 0 unspecified atom stereocenters. The lowest BCUT2D eigenvalue weighted by molar-refractivity contribution is 0.388. The van der Waals surface area contributed by atoms with Crippen LogP contribution in [0.15, 0.2) is 20.1 Å². The Hall–Kier alpha value is -1.36. The van der Waals surface area contributed by atoms with Crippen molar-refractivity contribution < 1.29 is 4.52 Å². The maximum atomic E-state index is 10.6. The minimum Gasteiger partial charge on any atom is -0.296 e. The van der Waals surface area contributed by atoms with Crippen LogP contribution < -0.4 is 5.76 Å². The number of aryl methyl sites for hydroxylation is 1. The summed E-state index contributed by atoms with van der Waals surface area (Å²) in [6.07, 6.45) is 0. The first-order chi connectivity index (χ1) is 5.77. The van der Waals surface area contributed by atoms with Gasteiger partial charge in [0.05, 0.1) is 0 Å². The van der Waals surface area contributed by atoms with E-state index in [4.69, 9.17) is 0 Å². The Morgan fingerprint density at radius 1 is 1.58 bits per heavy atom. The molecule has 0 atom stereocenters. The summed E-state index contributed by atoms with van der Waals surface area (Å²) in [7, 11) is 0. The van der Waals surface area contributed by atoms with Crippen LogP contribution in [0, 0.1) is 6.92 Å². The Bertz CT molecular complexity index is 440. The fourth-order valence-electron chi connectivity index (χ4n) is 0.949. The highest BCUT2D eigenvalue weighted by molar-refractivity contribution is 7.08. The normalized spacial score (nSPS) is 10.4. The first-order valence-corrected chi connectivity index (χ1v) is 4.31. The number of hydrogen-bond acceptors (Lipinski definition) is 4. The van der Waals surface area contributed by atoms with E-state index < -0.39 is 5.76 Å². The van der Waals surface area contributed by atoms with Gasteiger partial charge in [0.25, 0.3) is 0 Å². The number of aromatic amines is 1. The first-order valence-electron chi connectivity index (χ1n) is 3.36. The third-order valence-corrected chi connectivity index (χ3v) is 2.41. The van der Waals surface area contributed by atoms with Gasteiger partial charge >= 0.3 is 5.76 Å². The second kappa shape index (κ2) is 2.60. The van der Waals surface area contributed by atoms with Crippen molar-refractivity contribution in [1.29, 1.82) is 0 Å². The Kier molecular flexibility index (Phi) is 1.58. The van der Waals surface area contributed by atoms with E-state index in [2.05, 4.69) is 14.7 Å². The lowest BCUT2D eigenvalue weighted by Gasteiger charge is -1.88. The van der Waals surface area contributed by atoms with Crippen LogP contribution in [0.3, 0.4) is 0 Å². The van der Waals surface area contributed by atoms with Gasteiger partial charge < -0.3 is 0 Å². The minimum absolute atomic E-state index is 0.499. The number of thiophene rings is 1. The molecule has 62 valence electrons. The molecule has 0 saturated carbocycles. The molecule has 0 aliphatic heterocycles. The molecule has 2 aromatic heterocycles. The SMILES string of the molecule is Cc1cscc1-c1noc(=O)[nH]1. The summed E-state index contributed by atoms with van der Waals surface area (Å²) in [4.78, 5) is 13.1. The fourth-order valence-corrected chi connectivity index (χ4v) is 1.78. The zero-order valence-corrected chi connectivity index (χ0v) is 7.14. The lowest BCUT2D eigenvalue weighted by Crippen LogP contribution is -1.94. The van der Waals surface area contributed by atoms with Crippen LogP contribution in [-0.2, 0) is 0 Å². The van der Waals surface area contributed by atoms with E-state index in [9.17, 15) is 4.79 Å². The quantitative estimate of drug-likeness (QED) is 0.725. The van der Waals surface area contributed by atoms with Crippen molar-refractivity contribution in [3.8, 4) is 11.4 Å². The van der Waals surface area contributed by atoms with Crippen LogP contribution in [-0.4, -0.2) is 10.1 Å². The topological polar surface area (TPSA) is 58.9 Å². The fraction of sp³-hybridized carbons (Fsp3) is 0.143. The van der Waals surface area contributed by atoms with Crippen molar-refractivity contribution in [2.24, 2.45) is 0 Å². The predicted octanol–water partition coefficient (Wildman–Crippen LogP) is 1.40. The van der Waals surface area contributed by atoms with Crippen molar-refractivity contribution in [1.82, 2.24) is 10.1 Å². The molecule has 0 bridgehead atoms. The molecular weight excluding hydrogens is 176 g/mol. The highest BCUT2D eigenvalue weighted by atomic mass is 32.1. The summed E-state index contributed by atoms with van der Waals surface area (Å²) < 4.78 is 4.39. The van der Waals surface area contributed by atoms with E-state index in [1.165, 1.54) is 0 Å². The van der Waals surface area contributed by atoms with Crippen molar-refractivity contribution in [3.63, 3.8) is 0 Å². The maximum absolute atomic E-state index is 10.6. The minimum atomic E-state index is -0.518. The van der Waals surface area contributed by atoms with Gasteiger partial charge in [-0.3, -0.25) is 9.51 Å². The van der Waals surface area contributed by atoms with Gasteiger partial charge in [-0.15, -0.1) is 0 Å². The van der Waals surface area contributed by atoms with Crippen LogP contribution >= 0.6 is 11.3 Å². The summed E-state index contributed by atoms with van der Waals surface area (Å²) in [5.41, 5.74) is 2.01. The van der Waals surface area contributed by atoms with Gasteiger partial charge in [-0.05, 0) is 17.9 Å². The van der Waals surface area contributed by atoms with E-state index in [1.54, 1.807) is 11.3 Å². The Labute approximate surface area is 71.8 Å². The summed E-state index contributed by atoms with van der Waals surface area (Å²) in [5, 5.41) is 7.49. The number of aromatic nitrogens is 2. The van der Waals surface area contributed by atoms with Crippen molar-refractivity contribution >= 4 is 11.3 Å². The van der Waals surface area contributed by atoms with Crippen LogP contribution in [0.1, 0.15) is 5.56 Å². The lowest BCUT2D eigenvalue weighted by atomic mass is 10.2. The molecular formula is C7H6N2O2S. The standard InChI is InChI=1S/C7H6N2O2S/c1-4-2-12-3-5(4)6-8-7(10)11-9-6/h2-3H,1H3,(H,8,9,10). The number of hydrogen-bond donors (Lipinski definition) is 1. The second-order valence-corrected chi connectivity index (χ2v) is 3.16. The van der Waals surface area contributed by atoms with Gasteiger partial charge in [0.2, 0.25) is 0 Å². The van der Waals surface area contributed by atoms with E-state index in [0.717, 1.165) is 11.1 Å². The molecule has 0 aromatic carbocycles. The maximum Gasteiger partial charge on any atom is 0.439 e. The molecule has 0 saturated heterocycles. The van der Waals surface area contributed by atoms with Gasteiger partial charge in [-0.1, -0.05) is 5.16 Å². The third kappa shape index (κ3) is 1.08. The van der Waals surface area contributed by atoms with E-state index in [0.29, 0.717) is 5.82 Å². The molecule has 0 aliphatic rings. The van der Waals surface area contributed by atoms with Crippen LogP contribution in [0.5, 0.6) is 0 Å². The molecule has 2 aromatic rings. The van der Waals surface area contributed by atoms with Crippen LogP contribution in [0.4, 0.5) is 0 Å². The highest BCUT2D eigenvalue weighted by Gasteiger charge is 2.06. The van der Waals surface area contributed by atoms with Gasteiger partial charge in [-0.2, -0.15) is 11.3 Å². The summed E-state index contributed by atoms with van der Waals surface area (Å²) in [6.45, 7) is 1.96. The van der Waals surface area contributed by atoms with Gasteiger partial charge in [0.15, 0.2) is 5.82 Å². The molecule has 12 heavy (non-hydrogen) atoms. The predicted molar refractivity (Wildman–Crippen MR) is 45.2 cm³/mol. The number of nitrogens with zero attached hydrogens (tertiary/aromatic N) is 1. The largest absolute Gasteiger partial charge is 0.439 e. The molecule has 2 rings (SSSR count). The van der Waals surface area contributed by atoms with Gasteiger partial charge in [0, 0.05) is 10.9 Å². The van der Waals surface area contributed by atoms with E-state index >= 15 is 0 Å². The van der Waals surface area contributed by atoms with Crippen molar-refractivity contribution in [2.45, 2.75) is 6.92 Å². The molecule has 2 heterocycles. The Morgan fingerprint density at radius 3 is 2.92 bits per heavy atom. The molecule has 0 radical (unpaired) electrons. The number of rotatable bonds is 1. The molecule has 1 N–H and O–H groups in total. The number of H-pyrrole nitrogens is 1. The summed E-state index contributed by atoms with van der Waals surface area (Å²) in [5.74, 6) is -0.0191. The smallest absolute Gasteiger partial charge is 0.296 e. The molecule has 0 fully saturated rings. The monoisotopic (exact) mass is 182 g/mol. The molecule has 0 aliphatic carbocycles. The second-order valence-electron chi connectivity index (χ2n) is 2.41. The third-order valence-electron chi connectivity index (χ3n) is 1.55. The summed E-state index contributed by atoms with van der Waals surface area (Å²) >= 11 is 1.57. The average Bonchev–Trinajstić information content (AvgIpc) is 2.58. The molecule has 0 spiro atoms. The van der Waals surface area contributed by atoms with Gasteiger partial charge in [-0.25, -0.2) is 4.79 Å². The molecule has 5 heteroatoms. The molecule has 4 nitrogen and oxygen atoms in total. The zero-order valence-electron chi connectivity index (χ0n) is 6.33. The van der Waals surface area contributed by atoms with E-state index in [1.807, 2.05) is 17.7 Å². The highest BCUT2D eigenvalue weighted by Crippen LogP contribution is 2.22. The van der Waals surface area contributed by atoms with E-state index in [-0.39, 0.29) is 0 Å². The van der Waals surface area contributed by atoms with Crippen molar-refractivity contribution in [3.05, 3.63) is 26.9 Å². The Balaban J connectivity index is 2.57. The first kappa shape index (κ1) is 7.30. The zero-order chi connectivity index (χ0) is 8.55. The molecule has 0 amide bonds. The van der Waals surface area contributed by atoms with Crippen LogP contribution in [0.25, 0.3) is 11.4 Å². The van der Waals surface area contributed by atoms with Crippen LogP contribution in [0.2, 0.25) is 0 Å². The summed E-state index contributed by atoms with van der Waals surface area (Å²) in [6, 6.07) is 0.